The normalized spacial score (nSPS) is 15.0. The zero-order valence-corrected chi connectivity index (χ0v) is 42.3. The molecule has 0 bridgehead atoms. The SMILES string of the molecule is Cc1ccc(C2(c3ccc(C)cc3)c3cc4c(cc3-c3sc(-c5cc6sc(C(C)(C)C(C)(C)N)cc6s5)cc32)C(c2ccc(C)cc2)(c2ccc(C)cc2)c2cc(C(C)(C)N)sc2-4)cc1. The summed E-state index contributed by atoms with van der Waals surface area (Å²) in [6.45, 7) is 21.9. The lowest BCUT2D eigenvalue weighted by atomic mass is 9.65. The van der Waals surface area contributed by atoms with Crippen LogP contribution in [-0.4, -0.2) is 5.54 Å². The van der Waals surface area contributed by atoms with Crippen LogP contribution in [0.4, 0.5) is 0 Å². The molecule has 11 rings (SSSR count). The second-order valence-corrected chi connectivity index (χ2v) is 24.9. The molecule has 4 heterocycles. The van der Waals surface area contributed by atoms with Crippen LogP contribution in [0.5, 0.6) is 0 Å². The van der Waals surface area contributed by atoms with E-state index in [1.54, 1.807) is 0 Å². The predicted octanol–water partition coefficient (Wildman–Crippen LogP) is 15.9. The molecule has 2 aliphatic rings. The third-order valence-corrected chi connectivity index (χ3v) is 20.5. The molecule has 2 aliphatic carbocycles. The number of hydrogen-bond acceptors (Lipinski definition) is 6. The van der Waals surface area contributed by atoms with Crippen LogP contribution >= 0.6 is 45.3 Å². The van der Waals surface area contributed by atoms with E-state index in [1.807, 2.05) is 45.3 Å². The van der Waals surface area contributed by atoms with Crippen molar-refractivity contribution in [3.05, 3.63) is 210 Å². The van der Waals surface area contributed by atoms with Gasteiger partial charge in [-0.1, -0.05) is 133 Å². The largest absolute Gasteiger partial charge is 0.325 e. The highest BCUT2D eigenvalue weighted by Crippen LogP contribution is 2.66. The van der Waals surface area contributed by atoms with Crippen molar-refractivity contribution in [2.75, 3.05) is 0 Å². The molecule has 0 radical (unpaired) electrons. The van der Waals surface area contributed by atoms with E-state index < -0.39 is 16.4 Å². The molecule has 2 nitrogen and oxygen atoms in total. The molecule has 0 atom stereocenters. The zero-order valence-electron chi connectivity index (χ0n) is 39.0. The van der Waals surface area contributed by atoms with Crippen LogP contribution in [0.1, 0.15) is 118 Å². The van der Waals surface area contributed by atoms with Crippen molar-refractivity contribution < 1.29 is 0 Å². The molecule has 0 unspecified atom stereocenters. The standard InChI is InChI=1S/C59H56N2S4/c1-33-11-19-37(20-12-33)58(38-21-13-34(2)14-22-38)43-28-42-44(27-41(43)53-45(58)29-47(64-53)48-31-49-50(62-48)32-51(63-49)55(5,6)57(9,10)61)59(39-23-15-35(3)16-24-39,40-25-17-36(4)18-26-40)46-30-52(56(7,8)60)65-54(42)46/h11-32H,60-61H2,1-10H3. The van der Waals surface area contributed by atoms with Crippen molar-refractivity contribution in [2.24, 2.45) is 11.5 Å². The van der Waals surface area contributed by atoms with Gasteiger partial charge >= 0.3 is 0 Å². The highest BCUT2D eigenvalue weighted by Gasteiger charge is 2.53. The predicted molar refractivity (Wildman–Crippen MR) is 283 cm³/mol. The van der Waals surface area contributed by atoms with Gasteiger partial charge in [0.05, 0.1) is 10.8 Å². The van der Waals surface area contributed by atoms with Gasteiger partial charge in [0.25, 0.3) is 0 Å². The van der Waals surface area contributed by atoms with Crippen LogP contribution in [0.25, 0.3) is 40.0 Å². The molecule has 4 N–H and O–H groups in total. The fourth-order valence-corrected chi connectivity index (χ4v) is 15.7. The van der Waals surface area contributed by atoms with E-state index in [-0.39, 0.29) is 11.0 Å². The summed E-state index contributed by atoms with van der Waals surface area (Å²) in [5, 5.41) is 0. The van der Waals surface area contributed by atoms with E-state index >= 15 is 0 Å². The lowest BCUT2D eigenvalue weighted by Crippen LogP contribution is -2.49. The monoisotopic (exact) mass is 920 g/mol. The highest BCUT2D eigenvalue weighted by molar-refractivity contribution is 7.31. The minimum absolute atomic E-state index is 0.149. The Bertz CT molecular complexity index is 3190. The number of thiophene rings is 4. The molecule has 0 aliphatic heterocycles. The summed E-state index contributed by atoms with van der Waals surface area (Å²) in [6, 6.07) is 52.4. The number of rotatable bonds is 8. The maximum atomic E-state index is 7.03. The fraction of sp³-hybridized carbons (Fsp3) is 0.254. The molecule has 0 fully saturated rings. The molecule has 0 amide bonds. The average Bonchev–Trinajstić information content (AvgIpc) is 4.10. The molecule has 5 aromatic carbocycles. The molecular formula is C59H56N2S4. The highest BCUT2D eigenvalue weighted by atomic mass is 32.1. The summed E-state index contributed by atoms with van der Waals surface area (Å²) in [5.41, 5.74) is 29.8. The van der Waals surface area contributed by atoms with Crippen LogP contribution in [0.3, 0.4) is 0 Å². The Labute approximate surface area is 400 Å². The summed E-state index contributed by atoms with van der Waals surface area (Å²) < 4.78 is 2.67. The Kier molecular flexibility index (Phi) is 9.55. The summed E-state index contributed by atoms with van der Waals surface area (Å²) >= 11 is 7.65. The third kappa shape index (κ3) is 6.21. The van der Waals surface area contributed by atoms with E-state index in [0.717, 1.165) is 0 Å². The van der Waals surface area contributed by atoms with Gasteiger partial charge in [-0.15, -0.1) is 45.3 Å². The maximum Gasteiger partial charge on any atom is 0.0722 e. The summed E-state index contributed by atoms with van der Waals surface area (Å²) in [4.78, 5) is 7.84. The Morgan fingerprint density at radius 2 is 0.769 bits per heavy atom. The van der Waals surface area contributed by atoms with E-state index in [9.17, 15) is 0 Å². The van der Waals surface area contributed by atoms with E-state index in [4.69, 9.17) is 11.5 Å². The molecule has 0 saturated heterocycles. The lowest BCUT2D eigenvalue weighted by molar-refractivity contribution is 0.312. The third-order valence-electron chi connectivity index (χ3n) is 15.0. The Morgan fingerprint density at radius 1 is 0.385 bits per heavy atom. The first kappa shape index (κ1) is 42.7. The van der Waals surface area contributed by atoms with Gasteiger partial charge in [0, 0.05) is 55.2 Å². The van der Waals surface area contributed by atoms with Gasteiger partial charge in [-0.3, -0.25) is 0 Å². The van der Waals surface area contributed by atoms with E-state index in [1.165, 1.54) is 117 Å². The molecule has 326 valence electrons. The van der Waals surface area contributed by atoms with E-state index in [2.05, 4.69) is 203 Å². The van der Waals surface area contributed by atoms with Gasteiger partial charge < -0.3 is 11.5 Å². The molecular weight excluding hydrogens is 865 g/mol. The number of fused-ring (bicyclic) bond motifs is 7. The minimum atomic E-state index is -0.555. The smallest absolute Gasteiger partial charge is 0.0722 e. The van der Waals surface area contributed by atoms with Crippen LogP contribution < -0.4 is 11.5 Å². The summed E-state index contributed by atoms with van der Waals surface area (Å²) in [5.74, 6) is 0. The van der Waals surface area contributed by atoms with Gasteiger partial charge in [-0.2, -0.15) is 0 Å². The topological polar surface area (TPSA) is 52.0 Å². The maximum absolute atomic E-state index is 7.03. The molecule has 4 aromatic heterocycles. The van der Waals surface area contributed by atoms with Crippen molar-refractivity contribution in [3.63, 3.8) is 0 Å². The molecule has 9 aromatic rings. The van der Waals surface area contributed by atoms with Gasteiger partial charge in [0.2, 0.25) is 0 Å². The lowest BCUT2D eigenvalue weighted by Gasteiger charge is -2.37. The van der Waals surface area contributed by atoms with Gasteiger partial charge in [-0.25, -0.2) is 0 Å². The number of nitrogens with two attached hydrogens (primary N) is 2. The second kappa shape index (κ2) is 14.5. The first-order chi connectivity index (χ1) is 30.8. The summed E-state index contributed by atoms with van der Waals surface area (Å²) in [6.07, 6.45) is 0. The Morgan fingerprint density at radius 3 is 1.17 bits per heavy atom. The van der Waals surface area contributed by atoms with Crippen molar-refractivity contribution in [1.29, 1.82) is 0 Å². The average molecular weight is 921 g/mol. The van der Waals surface area contributed by atoms with Gasteiger partial charge in [-0.05, 0) is 147 Å². The van der Waals surface area contributed by atoms with Gasteiger partial charge in [0.15, 0.2) is 0 Å². The Balaban J connectivity index is 1.23. The van der Waals surface area contributed by atoms with Crippen LogP contribution in [0, 0.1) is 27.7 Å². The number of aryl methyl sites for hydroxylation is 4. The Hall–Kier alpha value is -4.92. The van der Waals surface area contributed by atoms with Gasteiger partial charge in [0.1, 0.15) is 0 Å². The second-order valence-electron chi connectivity index (χ2n) is 20.6. The van der Waals surface area contributed by atoms with Crippen LogP contribution in [0.15, 0.2) is 133 Å². The van der Waals surface area contributed by atoms with Crippen molar-refractivity contribution >= 4 is 54.7 Å². The molecule has 0 saturated carbocycles. The van der Waals surface area contributed by atoms with Crippen LogP contribution in [0.2, 0.25) is 0 Å². The first-order valence-electron chi connectivity index (χ1n) is 22.7. The first-order valence-corrected chi connectivity index (χ1v) is 26.0. The molecule has 6 heteroatoms. The minimum Gasteiger partial charge on any atom is -0.325 e. The number of hydrogen-bond donors (Lipinski definition) is 2. The van der Waals surface area contributed by atoms with Crippen molar-refractivity contribution in [3.8, 4) is 30.6 Å². The molecule has 0 spiro atoms. The number of benzene rings is 5. The summed E-state index contributed by atoms with van der Waals surface area (Å²) in [7, 11) is 0. The van der Waals surface area contributed by atoms with Crippen molar-refractivity contribution in [2.45, 2.75) is 96.6 Å². The molecule has 65 heavy (non-hydrogen) atoms. The quantitative estimate of drug-likeness (QED) is 0.160. The van der Waals surface area contributed by atoms with E-state index in [0.29, 0.717) is 0 Å². The van der Waals surface area contributed by atoms with Crippen LogP contribution in [-0.2, 0) is 21.8 Å². The van der Waals surface area contributed by atoms with Crippen molar-refractivity contribution in [1.82, 2.24) is 0 Å². The fourth-order valence-electron chi connectivity index (χ4n) is 10.4. The zero-order chi connectivity index (χ0) is 45.6.